The Morgan fingerprint density at radius 1 is 1.03 bits per heavy atom. The monoisotopic (exact) mass is 455 g/mol. The molecule has 0 radical (unpaired) electrons. The predicted molar refractivity (Wildman–Crippen MR) is 117 cm³/mol. The number of nitro benzene ring substituents is 1. The van der Waals surface area contributed by atoms with E-state index in [0.29, 0.717) is 24.5 Å². The summed E-state index contributed by atoms with van der Waals surface area (Å²) in [6.45, 7) is 0.998. The molecule has 11 heteroatoms. The van der Waals surface area contributed by atoms with Crippen LogP contribution < -0.4 is 5.32 Å². The van der Waals surface area contributed by atoms with Crippen LogP contribution in [0.25, 0.3) is 5.69 Å². The van der Waals surface area contributed by atoms with E-state index in [0.717, 1.165) is 19.3 Å². The van der Waals surface area contributed by atoms with Gasteiger partial charge >= 0.3 is 0 Å². The van der Waals surface area contributed by atoms with Gasteiger partial charge in [0.2, 0.25) is 10.0 Å². The van der Waals surface area contributed by atoms with Crippen LogP contribution in [-0.2, 0) is 10.0 Å². The number of nitrogens with one attached hydrogen (secondary N) is 1. The molecule has 1 amide bonds. The lowest BCUT2D eigenvalue weighted by Crippen LogP contribution is -2.35. The third-order valence-electron chi connectivity index (χ3n) is 5.19. The second-order valence-electron chi connectivity index (χ2n) is 7.37. The summed E-state index contributed by atoms with van der Waals surface area (Å²) in [6, 6.07) is 13.4. The van der Waals surface area contributed by atoms with Crippen molar-refractivity contribution in [2.45, 2.75) is 24.2 Å². The molecule has 166 valence electrons. The van der Waals surface area contributed by atoms with Crippen LogP contribution in [0.4, 0.5) is 11.4 Å². The van der Waals surface area contributed by atoms with Crippen molar-refractivity contribution in [1.29, 1.82) is 0 Å². The predicted octanol–water partition coefficient (Wildman–Crippen LogP) is 3.21. The number of nitrogens with zero attached hydrogens (tertiary/aromatic N) is 4. The summed E-state index contributed by atoms with van der Waals surface area (Å²) in [4.78, 5) is 23.0. The molecule has 1 N–H and O–H groups in total. The molecule has 1 aromatic heterocycles. The van der Waals surface area contributed by atoms with Crippen LogP contribution in [0.15, 0.2) is 65.7 Å². The number of hydrogen-bond donors (Lipinski definition) is 1. The Balaban J connectivity index is 1.49. The maximum Gasteiger partial charge on any atom is 0.276 e. The van der Waals surface area contributed by atoms with E-state index < -0.39 is 20.9 Å². The Kier molecular flexibility index (Phi) is 6.01. The number of non-ortho nitro benzene ring substituents is 1. The minimum Gasteiger partial charge on any atom is -0.321 e. The van der Waals surface area contributed by atoms with Gasteiger partial charge in [-0.05, 0) is 49.2 Å². The minimum absolute atomic E-state index is 0.0433. The number of carbonyl (C=O) groups is 1. The zero-order chi connectivity index (χ0) is 22.7. The Hall–Kier alpha value is -3.57. The maximum atomic E-state index is 12.9. The Morgan fingerprint density at radius 2 is 1.75 bits per heavy atom. The van der Waals surface area contributed by atoms with Crippen molar-refractivity contribution < 1.29 is 18.1 Å². The molecule has 1 aliphatic heterocycles. The zero-order valence-electron chi connectivity index (χ0n) is 17.0. The number of rotatable bonds is 6. The number of anilines is 1. The Bertz CT molecular complexity index is 1250. The molecule has 0 bridgehead atoms. The molecule has 0 atom stereocenters. The van der Waals surface area contributed by atoms with Crippen LogP contribution in [0.1, 0.15) is 29.8 Å². The fourth-order valence-electron chi connectivity index (χ4n) is 3.50. The highest BCUT2D eigenvalue weighted by Gasteiger charge is 2.26. The lowest BCUT2D eigenvalue weighted by Gasteiger charge is -2.26. The number of benzene rings is 2. The molecule has 0 spiro atoms. The lowest BCUT2D eigenvalue weighted by molar-refractivity contribution is -0.384. The fourth-order valence-corrected chi connectivity index (χ4v) is 5.06. The molecular weight excluding hydrogens is 434 g/mol. The summed E-state index contributed by atoms with van der Waals surface area (Å²) in [5.41, 5.74) is 0.980. The number of amides is 1. The smallest absolute Gasteiger partial charge is 0.276 e. The SMILES string of the molecule is O=C(Nc1cccc(S(=O)(=O)N2CCCCC2)c1)c1ccn(-c2ccc([N+](=O)[O-])cc2)n1. The number of nitro groups is 1. The first-order valence-corrected chi connectivity index (χ1v) is 11.5. The summed E-state index contributed by atoms with van der Waals surface area (Å²) >= 11 is 0. The third-order valence-corrected chi connectivity index (χ3v) is 7.09. The van der Waals surface area contributed by atoms with Crippen LogP contribution >= 0.6 is 0 Å². The van der Waals surface area contributed by atoms with Crippen molar-refractivity contribution in [3.8, 4) is 5.69 Å². The Morgan fingerprint density at radius 3 is 2.44 bits per heavy atom. The van der Waals surface area contributed by atoms with E-state index in [2.05, 4.69) is 10.4 Å². The van der Waals surface area contributed by atoms with E-state index in [-0.39, 0.29) is 16.3 Å². The van der Waals surface area contributed by atoms with Gasteiger partial charge in [0.25, 0.3) is 11.6 Å². The van der Waals surface area contributed by atoms with Gasteiger partial charge < -0.3 is 5.32 Å². The molecule has 0 unspecified atom stereocenters. The number of aromatic nitrogens is 2. The van der Waals surface area contributed by atoms with Crippen LogP contribution in [0, 0.1) is 10.1 Å². The molecule has 0 saturated carbocycles. The van der Waals surface area contributed by atoms with Crippen molar-refractivity contribution >= 4 is 27.3 Å². The largest absolute Gasteiger partial charge is 0.321 e. The number of piperidine rings is 1. The second kappa shape index (κ2) is 8.89. The Labute approximate surface area is 184 Å². The number of hydrogen-bond acceptors (Lipinski definition) is 6. The minimum atomic E-state index is -3.61. The van der Waals surface area contributed by atoms with Crippen molar-refractivity contribution in [3.63, 3.8) is 0 Å². The highest BCUT2D eigenvalue weighted by Crippen LogP contribution is 2.23. The highest BCUT2D eigenvalue weighted by molar-refractivity contribution is 7.89. The quantitative estimate of drug-likeness (QED) is 0.449. The molecule has 2 heterocycles. The standard InChI is InChI=1S/C21H21N5O5S/c27-21(20-11-14-25(23-20)17-7-9-18(10-8-17)26(28)29)22-16-5-4-6-19(15-16)32(30,31)24-12-2-1-3-13-24/h4-11,14-15H,1-3,12-13H2,(H,22,27). The maximum absolute atomic E-state index is 12.9. The van der Waals surface area contributed by atoms with E-state index in [1.54, 1.807) is 18.3 Å². The molecule has 1 saturated heterocycles. The molecule has 3 aromatic rings. The molecule has 1 fully saturated rings. The lowest BCUT2D eigenvalue weighted by atomic mass is 10.2. The van der Waals surface area contributed by atoms with Gasteiger partial charge in [0.05, 0.1) is 15.5 Å². The topological polar surface area (TPSA) is 127 Å². The average molecular weight is 455 g/mol. The van der Waals surface area contributed by atoms with E-state index in [4.69, 9.17) is 0 Å². The summed E-state index contributed by atoms with van der Waals surface area (Å²) in [6.07, 6.45) is 4.27. The van der Waals surface area contributed by atoms with Crippen LogP contribution in [0.2, 0.25) is 0 Å². The van der Waals surface area contributed by atoms with Crippen LogP contribution in [0.3, 0.4) is 0 Å². The van der Waals surface area contributed by atoms with E-state index in [1.807, 2.05) is 0 Å². The van der Waals surface area contributed by atoms with Crippen molar-refractivity contribution in [1.82, 2.24) is 14.1 Å². The van der Waals surface area contributed by atoms with Crippen LogP contribution in [0.5, 0.6) is 0 Å². The van der Waals surface area contributed by atoms with Crippen molar-refractivity contribution in [2.75, 3.05) is 18.4 Å². The van der Waals surface area contributed by atoms with Gasteiger partial charge in [0.15, 0.2) is 5.69 Å². The molecular formula is C21H21N5O5S. The zero-order valence-corrected chi connectivity index (χ0v) is 17.9. The summed E-state index contributed by atoms with van der Waals surface area (Å²) in [5, 5.41) is 17.7. The first kappa shape index (κ1) is 21.7. The first-order chi connectivity index (χ1) is 15.3. The molecule has 2 aromatic carbocycles. The number of carbonyl (C=O) groups excluding carboxylic acids is 1. The highest BCUT2D eigenvalue weighted by atomic mass is 32.2. The fraction of sp³-hybridized carbons (Fsp3) is 0.238. The van der Waals surface area contributed by atoms with Crippen molar-refractivity contribution in [3.05, 3.63) is 76.6 Å². The third kappa shape index (κ3) is 4.53. The van der Waals surface area contributed by atoms with Gasteiger partial charge in [-0.3, -0.25) is 14.9 Å². The van der Waals surface area contributed by atoms with Gasteiger partial charge in [-0.1, -0.05) is 12.5 Å². The summed E-state index contributed by atoms with van der Waals surface area (Å²) in [5.74, 6) is -0.502. The molecule has 0 aliphatic carbocycles. The van der Waals surface area contributed by atoms with Gasteiger partial charge in [-0.2, -0.15) is 9.40 Å². The van der Waals surface area contributed by atoms with E-state index in [1.165, 1.54) is 51.5 Å². The summed E-state index contributed by atoms with van der Waals surface area (Å²) in [7, 11) is -3.61. The normalized spacial score (nSPS) is 14.8. The van der Waals surface area contributed by atoms with Gasteiger partial charge in [-0.15, -0.1) is 0 Å². The summed E-state index contributed by atoms with van der Waals surface area (Å²) < 4.78 is 28.7. The van der Waals surface area contributed by atoms with E-state index >= 15 is 0 Å². The van der Waals surface area contributed by atoms with Gasteiger partial charge in [-0.25, -0.2) is 13.1 Å². The van der Waals surface area contributed by atoms with Crippen molar-refractivity contribution in [2.24, 2.45) is 0 Å². The molecule has 10 nitrogen and oxygen atoms in total. The second-order valence-corrected chi connectivity index (χ2v) is 9.30. The average Bonchev–Trinajstić information content (AvgIpc) is 3.30. The number of sulfonamides is 1. The van der Waals surface area contributed by atoms with Gasteiger partial charge in [0.1, 0.15) is 0 Å². The van der Waals surface area contributed by atoms with E-state index in [9.17, 15) is 23.3 Å². The van der Waals surface area contributed by atoms with Gasteiger partial charge in [0, 0.05) is 37.1 Å². The molecule has 1 aliphatic rings. The molecule has 4 rings (SSSR count). The molecule has 32 heavy (non-hydrogen) atoms. The van der Waals surface area contributed by atoms with Crippen LogP contribution in [-0.4, -0.2) is 46.4 Å². The first-order valence-electron chi connectivity index (χ1n) is 10.1.